The van der Waals surface area contributed by atoms with Crippen LogP contribution in [0.3, 0.4) is 0 Å². The number of carbonyl (C=O) groups is 1. The van der Waals surface area contributed by atoms with E-state index in [9.17, 15) is 13.2 Å². The molecule has 0 saturated heterocycles. The second kappa shape index (κ2) is 10.1. The summed E-state index contributed by atoms with van der Waals surface area (Å²) in [5.74, 6) is -0.184. The van der Waals surface area contributed by atoms with E-state index in [4.69, 9.17) is 23.8 Å². The summed E-state index contributed by atoms with van der Waals surface area (Å²) >= 11 is 1.97. The highest BCUT2D eigenvalue weighted by Crippen LogP contribution is 2.21. The summed E-state index contributed by atoms with van der Waals surface area (Å²) in [6.45, 7) is 6.11. The number of aryl methyl sites for hydroxylation is 3. The molecule has 10 nitrogen and oxygen atoms in total. The zero-order chi connectivity index (χ0) is 22.6. The second-order valence-electron chi connectivity index (χ2n) is 6.01. The number of aromatic nitrogens is 1. The van der Waals surface area contributed by atoms with Crippen LogP contribution in [0.15, 0.2) is 35.2 Å². The first-order chi connectivity index (χ1) is 13.1. The van der Waals surface area contributed by atoms with E-state index in [-0.39, 0.29) is 17.3 Å². The van der Waals surface area contributed by atoms with Crippen LogP contribution in [-0.4, -0.2) is 14.3 Å². The van der Waals surface area contributed by atoms with Crippen LogP contribution >= 0.6 is 22.6 Å². The third-order valence-corrected chi connectivity index (χ3v) is 5.37. The number of halogens is 2. The van der Waals surface area contributed by atoms with Gasteiger partial charge in [0.15, 0.2) is 11.4 Å². The van der Waals surface area contributed by atoms with E-state index in [1.54, 1.807) is 6.07 Å². The molecule has 0 radical (unpaired) electrons. The molecule has 1 aromatic carbocycles. The molecule has 0 aliphatic rings. The smallest absolute Gasteiger partial charge is 0.290 e. The van der Waals surface area contributed by atoms with Crippen LogP contribution < -0.4 is 33.7 Å². The van der Waals surface area contributed by atoms with Gasteiger partial charge in [-0.3, -0.25) is 4.79 Å². The minimum Gasteiger partial charge on any atom is -0.320 e. The van der Waals surface area contributed by atoms with Crippen LogP contribution in [0.1, 0.15) is 17.0 Å². The van der Waals surface area contributed by atoms with Crippen molar-refractivity contribution in [2.75, 3.05) is 5.32 Å². The molecule has 0 unspecified atom stereocenters. The predicted molar refractivity (Wildman–Crippen MR) is 100 cm³/mol. The molecule has 2 rings (SSSR count). The molecule has 13 heteroatoms. The number of sulfonamides is 1. The lowest BCUT2D eigenvalue weighted by molar-refractivity contribution is -2.00. The van der Waals surface area contributed by atoms with Crippen LogP contribution in [0.4, 0.5) is 5.69 Å². The Morgan fingerprint density at radius 3 is 2.00 bits per heavy atom. The summed E-state index contributed by atoms with van der Waals surface area (Å²) in [6.07, 6.45) is 0. The maximum atomic E-state index is 12.3. The number of carbonyl (C=O) groups excluding carboxylic acids is 1. The van der Waals surface area contributed by atoms with Crippen LogP contribution in [0.25, 0.3) is 0 Å². The quantitative estimate of drug-likeness (QED) is 0.296. The summed E-state index contributed by atoms with van der Waals surface area (Å²) in [5, 5.41) is 7.91. The highest BCUT2D eigenvalue weighted by Gasteiger charge is 2.18. The lowest BCUT2D eigenvalue weighted by Gasteiger charge is -2.17. The van der Waals surface area contributed by atoms with E-state index < -0.39 is 20.3 Å². The molecule has 3 N–H and O–H groups in total. The molecule has 1 aromatic heterocycles. The average molecular weight is 560 g/mol. The highest BCUT2D eigenvalue weighted by atomic mass is 127. The van der Waals surface area contributed by atoms with Gasteiger partial charge < -0.3 is 5.32 Å². The number of rotatable bonds is 4. The largest absolute Gasteiger partial charge is 0.320 e. The Morgan fingerprint density at radius 2 is 1.59 bits per heavy atom. The van der Waals surface area contributed by atoms with Gasteiger partial charge >= 0.3 is 0 Å². The van der Waals surface area contributed by atoms with Crippen LogP contribution in [-0.2, 0) is 21.4 Å². The van der Waals surface area contributed by atoms with Gasteiger partial charge in [0.05, 0.1) is 10.6 Å². The number of hydrogen-bond acceptors (Lipinski definition) is 7. The molecule has 0 bridgehead atoms. The maximum Gasteiger partial charge on any atom is 0.290 e. The third kappa shape index (κ3) is 9.31. The number of hydrogen-bond donors (Lipinski definition) is 2. The van der Waals surface area contributed by atoms with E-state index in [0.29, 0.717) is 9.26 Å². The Morgan fingerprint density at radius 1 is 1.10 bits per heavy atom. The van der Waals surface area contributed by atoms with Crippen molar-refractivity contribution in [3.63, 3.8) is 0 Å². The first kappa shape index (κ1) is 25.6. The average Bonchev–Trinajstić information content (AvgIpc) is 2.50. The Hall–Kier alpha value is -1.39. The summed E-state index contributed by atoms with van der Waals surface area (Å²) in [5.41, 5.74) is 3.70. The number of amides is 1. The fourth-order valence-electron chi connectivity index (χ4n) is 2.49. The molecule has 0 aliphatic heterocycles. The van der Waals surface area contributed by atoms with Gasteiger partial charge in [-0.25, -0.2) is 32.2 Å². The fourth-order valence-corrected chi connectivity index (χ4v) is 3.89. The molecule has 0 spiro atoms. The molecule has 0 fully saturated rings. The first-order valence-corrected chi connectivity index (χ1v) is 11.7. The van der Waals surface area contributed by atoms with Crippen molar-refractivity contribution in [3.05, 3.63) is 50.9 Å². The molecule has 0 atom stereocenters. The summed E-state index contributed by atoms with van der Waals surface area (Å²) in [7, 11) is -8.70. The number of benzene rings is 1. The van der Waals surface area contributed by atoms with Gasteiger partial charge in [0.1, 0.15) is 0 Å². The summed E-state index contributed by atoms with van der Waals surface area (Å²) in [6, 6.07) is 8.39. The Bertz CT molecular complexity index is 981. The van der Waals surface area contributed by atoms with Crippen molar-refractivity contribution >= 4 is 44.2 Å². The fraction of sp³-hybridized carbons (Fsp3) is 0.250. The van der Waals surface area contributed by atoms with Gasteiger partial charge in [-0.05, 0) is 53.3 Å². The number of anilines is 1. The monoisotopic (exact) mass is 559 g/mol. The minimum absolute atomic E-state index is 0.0181. The molecule has 1 amide bonds. The van der Waals surface area contributed by atoms with E-state index in [2.05, 4.69) is 5.32 Å². The first-order valence-electron chi connectivity index (χ1n) is 7.79. The number of primary sulfonamides is 1. The normalized spacial score (nSPS) is 11.5. The van der Waals surface area contributed by atoms with Crippen LogP contribution in [0.2, 0.25) is 0 Å². The van der Waals surface area contributed by atoms with Gasteiger partial charge in [-0.15, -0.1) is 10.2 Å². The molecule has 0 aliphatic carbocycles. The van der Waals surface area contributed by atoms with Crippen LogP contribution in [0.5, 0.6) is 0 Å². The van der Waals surface area contributed by atoms with Gasteiger partial charge in [-0.2, -0.15) is 4.57 Å². The number of nitrogens with one attached hydrogen (secondary N) is 1. The van der Waals surface area contributed by atoms with Crippen molar-refractivity contribution in [2.45, 2.75) is 32.2 Å². The number of nitrogens with zero attached hydrogens (tertiary/aromatic N) is 1. The molecule has 160 valence electrons. The SMILES string of the molecule is Cc1cc(C)[n+](CC(=O)Nc2ccc(S(N)(=O)=O)cc2I)c(C)c1.[O-][Cl+3]([O-])([O-])[O-]. The van der Waals surface area contributed by atoms with E-state index in [1.165, 1.54) is 12.1 Å². The standard InChI is InChI=1S/C16H18IN3O3S.ClHO4/c1-10-6-11(2)20(12(3)7-10)9-16(21)19-15-5-4-13(8-14(15)17)24(18,22)23;2-1(3,4)5/h4-8H,9H2,1-3H3,(H2-,18,19,21,22,23);(H,2,3,4,5). The third-order valence-electron chi connectivity index (χ3n) is 3.57. The Labute approximate surface area is 183 Å². The predicted octanol–water partition coefficient (Wildman–Crippen LogP) is -2.97. The van der Waals surface area contributed by atoms with Crippen molar-refractivity contribution < 1.29 is 46.7 Å². The van der Waals surface area contributed by atoms with Crippen LogP contribution in [0, 0.1) is 34.6 Å². The zero-order valence-corrected chi connectivity index (χ0v) is 19.4. The minimum atomic E-state index is -4.94. The Kier molecular flexibility index (Phi) is 8.91. The Balaban J connectivity index is 0.000000749. The summed E-state index contributed by atoms with van der Waals surface area (Å²) < 4.78 is 59.2. The van der Waals surface area contributed by atoms with Crippen molar-refractivity contribution in [2.24, 2.45) is 5.14 Å². The van der Waals surface area contributed by atoms with Gasteiger partial charge in [0, 0.05) is 29.6 Å². The number of nitrogens with two attached hydrogens (primary N) is 1. The molecule has 0 saturated carbocycles. The molecule has 29 heavy (non-hydrogen) atoms. The topological polar surface area (TPSA) is 185 Å². The zero-order valence-electron chi connectivity index (χ0n) is 15.6. The van der Waals surface area contributed by atoms with Gasteiger partial charge in [0.2, 0.25) is 16.6 Å². The van der Waals surface area contributed by atoms with Gasteiger partial charge in [0.25, 0.3) is 5.91 Å². The van der Waals surface area contributed by atoms with Gasteiger partial charge in [-0.1, -0.05) is 0 Å². The number of pyridine rings is 1. The highest BCUT2D eigenvalue weighted by molar-refractivity contribution is 14.1. The van der Waals surface area contributed by atoms with Crippen molar-refractivity contribution in [1.29, 1.82) is 0 Å². The molecular weight excluding hydrogens is 541 g/mol. The molecule has 1 heterocycles. The molecular formula is C16H19ClIN3O7S. The molecule has 2 aromatic rings. The van der Waals surface area contributed by atoms with E-state index in [0.717, 1.165) is 17.0 Å². The maximum absolute atomic E-state index is 12.3. The second-order valence-corrected chi connectivity index (χ2v) is 9.49. The van der Waals surface area contributed by atoms with Crippen molar-refractivity contribution in [1.82, 2.24) is 0 Å². The summed E-state index contributed by atoms with van der Waals surface area (Å²) in [4.78, 5) is 12.3. The van der Waals surface area contributed by atoms with Crippen molar-refractivity contribution in [3.8, 4) is 0 Å². The lowest BCUT2D eigenvalue weighted by atomic mass is 10.2. The van der Waals surface area contributed by atoms with E-state index >= 15 is 0 Å². The van der Waals surface area contributed by atoms with E-state index in [1.807, 2.05) is 60.1 Å². The lowest BCUT2D eigenvalue weighted by Crippen LogP contribution is -2.68.